The summed E-state index contributed by atoms with van der Waals surface area (Å²) in [6.07, 6.45) is 2.52. The monoisotopic (exact) mass is 298 g/mol. The van der Waals surface area contributed by atoms with Crippen molar-refractivity contribution in [1.29, 1.82) is 0 Å². The highest BCUT2D eigenvalue weighted by Gasteiger charge is 2.24. The zero-order valence-electron chi connectivity index (χ0n) is 14.7. The number of aryl methyl sites for hydroxylation is 1. The van der Waals surface area contributed by atoms with Gasteiger partial charge >= 0.3 is 6.01 Å². The second-order valence-electron chi connectivity index (χ2n) is 5.40. The Hall–Kier alpha value is -1.65. The number of carbonyl (C=O) groups excluding carboxylic acids is 2. The van der Waals surface area contributed by atoms with Crippen molar-refractivity contribution in [2.75, 3.05) is 5.32 Å². The molecule has 0 atom stereocenters. The van der Waals surface area contributed by atoms with Crippen LogP contribution in [0.2, 0.25) is 0 Å². The summed E-state index contributed by atoms with van der Waals surface area (Å²) in [6, 6.07) is 0.129. The fourth-order valence-electron chi connectivity index (χ4n) is 0.986. The number of ketones is 1. The van der Waals surface area contributed by atoms with E-state index < -0.39 is 11.3 Å². The molecule has 0 spiro atoms. The second kappa shape index (κ2) is 11.1. The Morgan fingerprint density at radius 1 is 1.24 bits per heavy atom. The summed E-state index contributed by atoms with van der Waals surface area (Å²) < 4.78 is 4.95. The van der Waals surface area contributed by atoms with Gasteiger partial charge in [0.15, 0.2) is 0 Å². The SMILES string of the molecule is CC.CCC.Cc1coc(NC(=O)CC(=O)C(C)(C)C)n1. The molecule has 0 aromatic carbocycles. The van der Waals surface area contributed by atoms with Crippen LogP contribution >= 0.6 is 0 Å². The Morgan fingerprint density at radius 2 is 1.71 bits per heavy atom. The molecule has 0 bridgehead atoms. The van der Waals surface area contributed by atoms with Crippen molar-refractivity contribution >= 4 is 17.7 Å². The fourth-order valence-corrected chi connectivity index (χ4v) is 0.986. The van der Waals surface area contributed by atoms with Crippen molar-refractivity contribution in [3.63, 3.8) is 0 Å². The van der Waals surface area contributed by atoms with Gasteiger partial charge in [0.25, 0.3) is 0 Å². The molecule has 1 heterocycles. The molecule has 1 rings (SSSR count). The van der Waals surface area contributed by atoms with Crippen LogP contribution in [0.1, 0.15) is 67.0 Å². The Morgan fingerprint density at radius 3 is 2.05 bits per heavy atom. The lowest BCUT2D eigenvalue weighted by Crippen LogP contribution is -2.26. The van der Waals surface area contributed by atoms with Crippen molar-refractivity contribution in [1.82, 2.24) is 4.98 Å². The molecule has 0 aliphatic rings. The fraction of sp³-hybridized carbons (Fsp3) is 0.688. The number of hydrogen-bond acceptors (Lipinski definition) is 4. The normalized spacial score (nSPS) is 9.71. The van der Waals surface area contributed by atoms with Crippen LogP contribution in [0.25, 0.3) is 0 Å². The van der Waals surface area contributed by atoms with Gasteiger partial charge in [0.1, 0.15) is 12.0 Å². The number of aromatic nitrogens is 1. The van der Waals surface area contributed by atoms with Crippen molar-refractivity contribution < 1.29 is 14.0 Å². The molecule has 0 saturated heterocycles. The van der Waals surface area contributed by atoms with E-state index in [1.807, 2.05) is 13.8 Å². The minimum absolute atomic E-state index is 0.117. The zero-order chi connectivity index (χ0) is 17.1. The molecule has 1 aromatic rings. The smallest absolute Gasteiger partial charge is 0.301 e. The van der Waals surface area contributed by atoms with Gasteiger partial charge in [0.2, 0.25) is 5.91 Å². The van der Waals surface area contributed by atoms with Gasteiger partial charge in [-0.15, -0.1) is 0 Å². The van der Waals surface area contributed by atoms with Crippen molar-refractivity contribution in [2.45, 2.75) is 68.2 Å². The molecule has 0 saturated carbocycles. The summed E-state index contributed by atoms with van der Waals surface area (Å²) in [5, 5.41) is 2.43. The second-order valence-corrected chi connectivity index (χ2v) is 5.40. The van der Waals surface area contributed by atoms with Gasteiger partial charge in [-0.1, -0.05) is 54.9 Å². The van der Waals surface area contributed by atoms with E-state index in [1.54, 1.807) is 27.7 Å². The molecule has 1 aromatic heterocycles. The molecular weight excluding hydrogens is 268 g/mol. The van der Waals surface area contributed by atoms with Crippen LogP contribution in [0.4, 0.5) is 6.01 Å². The summed E-state index contributed by atoms with van der Waals surface area (Å²) in [5.41, 5.74) is 0.168. The third-order valence-electron chi connectivity index (χ3n) is 2.02. The molecule has 1 N–H and O–H groups in total. The lowest BCUT2D eigenvalue weighted by atomic mass is 9.89. The van der Waals surface area contributed by atoms with Gasteiger partial charge in [0, 0.05) is 5.41 Å². The van der Waals surface area contributed by atoms with E-state index in [1.165, 1.54) is 12.7 Å². The van der Waals surface area contributed by atoms with Crippen LogP contribution in [-0.4, -0.2) is 16.7 Å². The van der Waals surface area contributed by atoms with Gasteiger partial charge in [-0.05, 0) is 6.92 Å². The first-order chi connectivity index (χ1) is 9.70. The molecule has 122 valence electrons. The topological polar surface area (TPSA) is 72.2 Å². The highest BCUT2D eigenvalue weighted by Crippen LogP contribution is 2.17. The van der Waals surface area contributed by atoms with Gasteiger partial charge < -0.3 is 4.42 Å². The van der Waals surface area contributed by atoms with Crippen LogP contribution < -0.4 is 5.32 Å². The standard InChI is InChI=1S/C11H16N2O3.C3H8.C2H6/c1-7-6-16-10(12-7)13-9(15)5-8(14)11(2,3)4;1-3-2;1-2/h6H,5H2,1-4H3,(H,12,13,15);3H2,1-2H3;1-2H3. The first kappa shape index (κ1) is 21.6. The summed E-state index contributed by atoms with van der Waals surface area (Å²) in [5.74, 6) is -0.518. The lowest BCUT2D eigenvalue weighted by Gasteiger charge is -2.15. The Kier molecular flexibility index (Phi) is 11.4. The largest absolute Gasteiger partial charge is 0.432 e. The molecule has 0 aliphatic carbocycles. The minimum Gasteiger partial charge on any atom is -0.432 e. The third kappa shape index (κ3) is 10.8. The highest BCUT2D eigenvalue weighted by atomic mass is 16.4. The molecule has 0 fully saturated rings. The summed E-state index contributed by atoms with van der Waals surface area (Å²) in [4.78, 5) is 26.9. The van der Waals surface area contributed by atoms with Crippen molar-refractivity contribution in [3.8, 4) is 0 Å². The predicted octanol–water partition coefficient (Wildman–Crippen LogP) is 4.37. The quantitative estimate of drug-likeness (QED) is 0.841. The number of nitrogens with zero attached hydrogens (tertiary/aromatic N) is 1. The molecule has 5 heteroatoms. The summed E-state index contributed by atoms with van der Waals surface area (Å²) >= 11 is 0. The molecule has 21 heavy (non-hydrogen) atoms. The van der Waals surface area contributed by atoms with Crippen LogP contribution in [0.5, 0.6) is 0 Å². The average molecular weight is 298 g/mol. The highest BCUT2D eigenvalue weighted by molar-refractivity contribution is 6.05. The van der Waals surface area contributed by atoms with Gasteiger partial charge in [-0.2, -0.15) is 4.98 Å². The summed E-state index contributed by atoms with van der Waals surface area (Å²) in [6.45, 7) is 15.3. The van der Waals surface area contributed by atoms with Crippen LogP contribution in [0, 0.1) is 12.3 Å². The van der Waals surface area contributed by atoms with Crippen molar-refractivity contribution in [2.24, 2.45) is 5.41 Å². The van der Waals surface area contributed by atoms with E-state index in [4.69, 9.17) is 4.42 Å². The number of carbonyl (C=O) groups is 2. The number of oxazole rings is 1. The molecule has 1 amide bonds. The summed E-state index contributed by atoms with van der Waals surface area (Å²) in [7, 11) is 0. The molecule has 0 unspecified atom stereocenters. The maximum Gasteiger partial charge on any atom is 0.301 e. The van der Waals surface area contributed by atoms with Gasteiger partial charge in [-0.25, -0.2) is 0 Å². The number of hydrogen-bond donors (Lipinski definition) is 1. The van der Waals surface area contributed by atoms with E-state index in [0.29, 0.717) is 5.69 Å². The van der Waals surface area contributed by atoms with Crippen LogP contribution in [0.3, 0.4) is 0 Å². The number of rotatable bonds is 3. The average Bonchev–Trinajstić information content (AvgIpc) is 2.76. The molecule has 0 aliphatic heterocycles. The Bertz CT molecular complexity index is 417. The van der Waals surface area contributed by atoms with E-state index >= 15 is 0 Å². The minimum atomic E-state index is -0.510. The first-order valence-electron chi connectivity index (χ1n) is 7.46. The maximum atomic E-state index is 11.6. The maximum absolute atomic E-state index is 11.6. The Labute approximate surface area is 128 Å². The molecule has 5 nitrogen and oxygen atoms in total. The molecular formula is C16H30N2O3. The predicted molar refractivity (Wildman–Crippen MR) is 86.3 cm³/mol. The van der Waals surface area contributed by atoms with E-state index in [-0.39, 0.29) is 18.2 Å². The zero-order valence-corrected chi connectivity index (χ0v) is 14.7. The number of amides is 1. The van der Waals surface area contributed by atoms with Crippen LogP contribution in [0.15, 0.2) is 10.7 Å². The molecule has 0 radical (unpaired) electrons. The van der Waals surface area contributed by atoms with Crippen LogP contribution in [-0.2, 0) is 9.59 Å². The van der Waals surface area contributed by atoms with E-state index in [2.05, 4.69) is 24.1 Å². The number of anilines is 1. The lowest BCUT2D eigenvalue weighted by molar-refractivity contribution is -0.130. The number of Topliss-reactive ketones (excluding diaryl/α,β-unsaturated/α-hetero) is 1. The van der Waals surface area contributed by atoms with Gasteiger partial charge in [-0.3, -0.25) is 14.9 Å². The third-order valence-corrected chi connectivity index (χ3v) is 2.02. The van der Waals surface area contributed by atoms with E-state index in [0.717, 1.165) is 0 Å². The van der Waals surface area contributed by atoms with E-state index in [9.17, 15) is 9.59 Å². The first-order valence-corrected chi connectivity index (χ1v) is 7.46. The Balaban J connectivity index is 0. The number of nitrogens with one attached hydrogen (secondary N) is 1. The van der Waals surface area contributed by atoms with Gasteiger partial charge in [0.05, 0.1) is 12.1 Å². The van der Waals surface area contributed by atoms with Crippen molar-refractivity contribution in [3.05, 3.63) is 12.0 Å².